The third kappa shape index (κ3) is 4.29. The lowest BCUT2D eigenvalue weighted by Crippen LogP contribution is -2.49. The lowest BCUT2D eigenvalue weighted by molar-refractivity contribution is -0.147. The van der Waals surface area contributed by atoms with E-state index in [2.05, 4.69) is 65.3 Å². The molecule has 0 atom stereocenters. The summed E-state index contributed by atoms with van der Waals surface area (Å²) in [5, 5.41) is 9.98. The van der Waals surface area contributed by atoms with Crippen molar-refractivity contribution in [2.45, 2.75) is 18.4 Å². The van der Waals surface area contributed by atoms with Crippen LogP contribution in [-0.4, -0.2) is 39.8 Å². The molecule has 3 aromatic rings. The SMILES string of the molecule is CCSc1ccc(-c2cnc(-c3ccc(CN4CC(C(=O)O)C4)cc3)s2)cc1. The van der Waals surface area contributed by atoms with Crippen LogP contribution in [0.1, 0.15) is 12.5 Å². The highest BCUT2D eigenvalue weighted by Gasteiger charge is 2.32. The van der Waals surface area contributed by atoms with Gasteiger partial charge in [0.1, 0.15) is 5.01 Å². The zero-order chi connectivity index (χ0) is 19.5. The van der Waals surface area contributed by atoms with E-state index in [1.54, 1.807) is 11.3 Å². The molecule has 1 aliphatic heterocycles. The van der Waals surface area contributed by atoms with Crippen LogP contribution in [0.25, 0.3) is 21.0 Å². The lowest BCUT2D eigenvalue weighted by atomic mass is 9.99. The van der Waals surface area contributed by atoms with Gasteiger partial charge in [-0.05, 0) is 29.0 Å². The summed E-state index contributed by atoms with van der Waals surface area (Å²) >= 11 is 3.55. The summed E-state index contributed by atoms with van der Waals surface area (Å²) in [4.78, 5) is 20.1. The van der Waals surface area contributed by atoms with Crippen LogP contribution < -0.4 is 0 Å². The van der Waals surface area contributed by atoms with Gasteiger partial charge in [-0.15, -0.1) is 23.1 Å². The molecule has 1 aliphatic rings. The normalized spacial score (nSPS) is 14.8. The molecule has 144 valence electrons. The molecule has 0 amide bonds. The van der Waals surface area contributed by atoms with E-state index in [1.807, 2.05) is 18.0 Å². The highest BCUT2D eigenvalue weighted by atomic mass is 32.2. The quantitative estimate of drug-likeness (QED) is 0.549. The van der Waals surface area contributed by atoms with Gasteiger partial charge in [0.2, 0.25) is 0 Å². The second kappa shape index (κ2) is 8.47. The van der Waals surface area contributed by atoms with Gasteiger partial charge in [0.05, 0.1) is 10.8 Å². The number of carboxylic acids is 1. The molecule has 1 fully saturated rings. The van der Waals surface area contributed by atoms with Crippen LogP contribution in [0.4, 0.5) is 0 Å². The zero-order valence-corrected chi connectivity index (χ0v) is 17.3. The first-order valence-electron chi connectivity index (χ1n) is 9.36. The average molecular weight is 411 g/mol. The Kier molecular flexibility index (Phi) is 5.80. The monoisotopic (exact) mass is 410 g/mol. The molecular weight excluding hydrogens is 388 g/mol. The Bertz CT molecular complexity index is 945. The first-order valence-corrected chi connectivity index (χ1v) is 11.2. The van der Waals surface area contributed by atoms with E-state index in [1.165, 1.54) is 20.9 Å². The van der Waals surface area contributed by atoms with Gasteiger partial charge in [0, 0.05) is 36.3 Å². The fourth-order valence-electron chi connectivity index (χ4n) is 3.29. The molecule has 4 nitrogen and oxygen atoms in total. The second-order valence-electron chi connectivity index (χ2n) is 6.91. The van der Waals surface area contributed by atoms with E-state index in [9.17, 15) is 4.79 Å². The summed E-state index contributed by atoms with van der Waals surface area (Å²) in [5.74, 6) is 0.186. The fraction of sp³-hybridized carbons (Fsp3) is 0.273. The second-order valence-corrected chi connectivity index (χ2v) is 9.28. The number of carboxylic acid groups (broad SMARTS) is 1. The minimum absolute atomic E-state index is 0.206. The van der Waals surface area contributed by atoms with E-state index in [0.717, 1.165) is 22.9 Å². The fourth-order valence-corrected chi connectivity index (χ4v) is 4.88. The zero-order valence-electron chi connectivity index (χ0n) is 15.7. The minimum atomic E-state index is -0.690. The maximum Gasteiger partial charge on any atom is 0.309 e. The standard InChI is InChI=1S/C22H22N2O2S2/c1-2-27-19-9-7-16(8-10-19)20-11-23-21(28-20)17-5-3-15(4-6-17)12-24-13-18(14-24)22(25)26/h3-11,18H,2,12-14H2,1H3,(H,25,26). The molecule has 6 heteroatoms. The van der Waals surface area contributed by atoms with Crippen LogP contribution in [-0.2, 0) is 11.3 Å². The molecule has 0 aliphatic carbocycles. The maximum absolute atomic E-state index is 10.9. The first-order chi connectivity index (χ1) is 13.6. The molecule has 28 heavy (non-hydrogen) atoms. The van der Waals surface area contributed by atoms with Gasteiger partial charge >= 0.3 is 5.97 Å². The molecule has 1 N–H and O–H groups in total. The van der Waals surface area contributed by atoms with Crippen molar-refractivity contribution in [3.05, 3.63) is 60.3 Å². The van der Waals surface area contributed by atoms with Crippen molar-refractivity contribution in [1.82, 2.24) is 9.88 Å². The largest absolute Gasteiger partial charge is 0.481 e. The number of likely N-dealkylation sites (tertiary alicyclic amines) is 1. The Balaban J connectivity index is 1.40. The van der Waals surface area contributed by atoms with E-state index >= 15 is 0 Å². The number of aromatic nitrogens is 1. The summed E-state index contributed by atoms with van der Waals surface area (Å²) in [6, 6.07) is 17.1. The molecule has 0 spiro atoms. The molecule has 1 aromatic heterocycles. The molecular formula is C22H22N2O2S2. The number of benzene rings is 2. The van der Waals surface area contributed by atoms with Gasteiger partial charge in [0.25, 0.3) is 0 Å². The number of carbonyl (C=O) groups is 1. The predicted octanol–water partition coefficient (Wildman–Crippen LogP) is 5.11. The Hall–Kier alpha value is -2.15. The van der Waals surface area contributed by atoms with Gasteiger partial charge in [-0.2, -0.15) is 0 Å². The van der Waals surface area contributed by atoms with Crippen molar-refractivity contribution in [3.8, 4) is 21.0 Å². The Morgan fingerprint density at radius 3 is 2.46 bits per heavy atom. The Morgan fingerprint density at radius 1 is 1.14 bits per heavy atom. The van der Waals surface area contributed by atoms with Crippen LogP contribution in [0.5, 0.6) is 0 Å². The van der Waals surface area contributed by atoms with Crippen LogP contribution in [0.15, 0.2) is 59.6 Å². The summed E-state index contributed by atoms with van der Waals surface area (Å²) in [6.07, 6.45) is 1.95. The molecule has 0 saturated carbocycles. The van der Waals surface area contributed by atoms with Crippen molar-refractivity contribution in [3.63, 3.8) is 0 Å². The van der Waals surface area contributed by atoms with Gasteiger partial charge in [-0.1, -0.05) is 43.3 Å². The molecule has 0 bridgehead atoms. The maximum atomic E-state index is 10.9. The van der Waals surface area contributed by atoms with Gasteiger partial charge < -0.3 is 5.11 Å². The van der Waals surface area contributed by atoms with Gasteiger partial charge in [-0.3, -0.25) is 9.69 Å². The predicted molar refractivity (Wildman–Crippen MR) is 116 cm³/mol. The highest BCUT2D eigenvalue weighted by Crippen LogP contribution is 2.33. The number of thioether (sulfide) groups is 1. The molecule has 1 saturated heterocycles. The number of thiazole rings is 1. The Morgan fingerprint density at radius 2 is 1.82 bits per heavy atom. The third-order valence-electron chi connectivity index (χ3n) is 4.87. The molecule has 2 heterocycles. The average Bonchev–Trinajstić information content (AvgIpc) is 3.15. The van der Waals surface area contributed by atoms with Crippen LogP contribution in [0.2, 0.25) is 0 Å². The van der Waals surface area contributed by atoms with E-state index in [-0.39, 0.29) is 5.92 Å². The topological polar surface area (TPSA) is 53.4 Å². The van der Waals surface area contributed by atoms with Crippen LogP contribution in [0.3, 0.4) is 0 Å². The third-order valence-corrected chi connectivity index (χ3v) is 6.86. The molecule has 0 unspecified atom stereocenters. The van der Waals surface area contributed by atoms with Crippen LogP contribution >= 0.6 is 23.1 Å². The molecule has 4 rings (SSSR count). The van der Waals surface area contributed by atoms with Crippen LogP contribution in [0, 0.1) is 5.92 Å². The summed E-state index contributed by atoms with van der Waals surface area (Å²) in [7, 11) is 0. The van der Waals surface area contributed by atoms with E-state index in [0.29, 0.717) is 13.1 Å². The molecule has 2 aromatic carbocycles. The number of hydrogen-bond donors (Lipinski definition) is 1. The van der Waals surface area contributed by atoms with Crippen molar-refractivity contribution in [2.24, 2.45) is 5.92 Å². The lowest BCUT2D eigenvalue weighted by Gasteiger charge is -2.36. The van der Waals surface area contributed by atoms with E-state index in [4.69, 9.17) is 5.11 Å². The number of hydrogen-bond acceptors (Lipinski definition) is 5. The van der Waals surface area contributed by atoms with Crippen molar-refractivity contribution in [2.75, 3.05) is 18.8 Å². The van der Waals surface area contributed by atoms with Gasteiger partial charge in [-0.25, -0.2) is 4.98 Å². The van der Waals surface area contributed by atoms with Gasteiger partial charge in [0.15, 0.2) is 0 Å². The number of aliphatic carboxylic acids is 1. The minimum Gasteiger partial charge on any atom is -0.481 e. The summed E-state index contributed by atoms with van der Waals surface area (Å²) < 4.78 is 0. The molecule has 0 radical (unpaired) electrons. The number of rotatable bonds is 7. The van der Waals surface area contributed by atoms with Crippen molar-refractivity contribution < 1.29 is 9.90 Å². The van der Waals surface area contributed by atoms with Crippen molar-refractivity contribution in [1.29, 1.82) is 0 Å². The summed E-state index contributed by atoms with van der Waals surface area (Å²) in [6.45, 7) is 4.25. The van der Waals surface area contributed by atoms with Crippen molar-refractivity contribution >= 4 is 29.1 Å². The Labute approximate surface area is 173 Å². The highest BCUT2D eigenvalue weighted by molar-refractivity contribution is 7.99. The summed E-state index contributed by atoms with van der Waals surface area (Å²) in [5.41, 5.74) is 3.52. The first kappa shape index (κ1) is 19.2. The van der Waals surface area contributed by atoms with E-state index < -0.39 is 5.97 Å². The number of nitrogens with zero attached hydrogens (tertiary/aromatic N) is 2. The smallest absolute Gasteiger partial charge is 0.309 e.